The molecule has 0 saturated carbocycles. The summed E-state index contributed by atoms with van der Waals surface area (Å²) in [6.45, 7) is 0. The number of thiophene rings is 1. The first-order chi connectivity index (χ1) is 10.7. The minimum absolute atomic E-state index is 0.0631. The molecule has 7 nitrogen and oxygen atoms in total. The zero-order chi connectivity index (χ0) is 16.8. The van der Waals surface area contributed by atoms with Gasteiger partial charge in [0.2, 0.25) is 10.0 Å². The van der Waals surface area contributed by atoms with Crippen molar-refractivity contribution in [3.8, 4) is 5.75 Å². The lowest BCUT2D eigenvalue weighted by atomic mass is 10.3. The number of methoxy groups -OCH3 is 1. The molecule has 0 atom stereocenters. The second-order valence-electron chi connectivity index (χ2n) is 4.67. The Balaban J connectivity index is 2.13. The smallest absolute Gasteiger partial charge is 0.278 e. The zero-order valence-corrected chi connectivity index (χ0v) is 14.3. The van der Waals surface area contributed by atoms with E-state index in [1.54, 1.807) is 24.3 Å². The maximum atomic E-state index is 12.8. The third-order valence-electron chi connectivity index (χ3n) is 3.17. The molecular formula is C13H12N2O5S3. The van der Waals surface area contributed by atoms with Gasteiger partial charge < -0.3 is 4.74 Å². The molecular weight excluding hydrogens is 360 g/mol. The summed E-state index contributed by atoms with van der Waals surface area (Å²) in [6, 6.07) is 7.80. The Morgan fingerprint density at radius 1 is 1.26 bits per heavy atom. The summed E-state index contributed by atoms with van der Waals surface area (Å²) in [6.07, 6.45) is 2.90. The van der Waals surface area contributed by atoms with E-state index in [2.05, 4.69) is 0 Å². The maximum absolute atomic E-state index is 12.8. The molecule has 1 aliphatic rings. The van der Waals surface area contributed by atoms with Gasteiger partial charge in [-0.25, -0.2) is 17.9 Å². The second-order valence-corrected chi connectivity index (χ2v) is 9.52. The largest absolute Gasteiger partial charge is 0.497 e. The summed E-state index contributed by atoms with van der Waals surface area (Å²) in [5.41, 5.74) is 0.690. The number of rotatable bonds is 3. The monoisotopic (exact) mass is 372 g/mol. The van der Waals surface area contributed by atoms with Crippen molar-refractivity contribution in [2.75, 3.05) is 11.4 Å². The zero-order valence-electron chi connectivity index (χ0n) is 11.8. The van der Waals surface area contributed by atoms with E-state index in [9.17, 15) is 16.8 Å². The molecule has 1 aliphatic heterocycles. The fraction of sp³-hybridized carbons (Fsp3) is 0.0769. The van der Waals surface area contributed by atoms with Crippen LogP contribution in [0.5, 0.6) is 5.75 Å². The third-order valence-corrected chi connectivity index (χ3v) is 7.98. The van der Waals surface area contributed by atoms with Gasteiger partial charge >= 0.3 is 0 Å². The van der Waals surface area contributed by atoms with Gasteiger partial charge in [-0.05, 0) is 24.3 Å². The number of benzene rings is 1. The molecule has 122 valence electrons. The Morgan fingerprint density at radius 2 is 2.00 bits per heavy atom. The molecule has 0 aliphatic carbocycles. The third kappa shape index (κ3) is 2.74. The van der Waals surface area contributed by atoms with Crippen molar-refractivity contribution in [2.24, 2.45) is 5.14 Å². The van der Waals surface area contributed by atoms with Gasteiger partial charge in [0, 0.05) is 17.8 Å². The fourth-order valence-corrected chi connectivity index (χ4v) is 6.04. The van der Waals surface area contributed by atoms with Crippen LogP contribution in [0.3, 0.4) is 0 Å². The van der Waals surface area contributed by atoms with Gasteiger partial charge in [-0.15, -0.1) is 11.3 Å². The van der Waals surface area contributed by atoms with E-state index in [1.165, 1.54) is 25.5 Å². The molecule has 10 heteroatoms. The summed E-state index contributed by atoms with van der Waals surface area (Å²) in [7, 11) is -6.39. The SMILES string of the molecule is COc1cccc(N2C=Cc3cc(S(N)(=O)=O)sc3S2(=O)=O)c1. The summed E-state index contributed by atoms with van der Waals surface area (Å²) in [4.78, 5) is 0. The molecule has 0 amide bonds. The number of primary sulfonamides is 1. The van der Waals surface area contributed by atoms with Crippen molar-refractivity contribution in [3.05, 3.63) is 42.1 Å². The van der Waals surface area contributed by atoms with Crippen LogP contribution < -0.4 is 14.2 Å². The number of sulfonamides is 2. The Bertz CT molecular complexity index is 1010. The highest BCUT2D eigenvalue weighted by Gasteiger charge is 2.32. The molecule has 3 rings (SSSR count). The van der Waals surface area contributed by atoms with E-state index in [0.29, 0.717) is 28.3 Å². The van der Waals surface area contributed by atoms with Gasteiger partial charge in [-0.2, -0.15) is 8.42 Å². The number of hydrogen-bond acceptors (Lipinski definition) is 6. The van der Waals surface area contributed by atoms with E-state index < -0.39 is 20.0 Å². The maximum Gasteiger partial charge on any atom is 0.278 e. The number of nitrogens with zero attached hydrogens (tertiary/aromatic N) is 1. The molecule has 0 radical (unpaired) electrons. The number of nitrogens with two attached hydrogens (primary N) is 1. The van der Waals surface area contributed by atoms with Crippen LogP contribution in [0, 0.1) is 0 Å². The van der Waals surface area contributed by atoms with Crippen LogP contribution in [0.1, 0.15) is 5.56 Å². The van der Waals surface area contributed by atoms with Crippen LogP contribution in [0.15, 0.2) is 45.0 Å². The standard InChI is InChI=1S/C13H12N2O5S3/c1-20-11-4-2-3-10(8-11)15-6-5-9-7-12(22(14,16)17)21-13(9)23(15,18)19/h2-8H,1H3,(H2,14,16,17). The predicted octanol–water partition coefficient (Wildman–Crippen LogP) is 1.58. The van der Waals surface area contributed by atoms with Crippen molar-refractivity contribution in [1.29, 1.82) is 0 Å². The van der Waals surface area contributed by atoms with Crippen molar-refractivity contribution < 1.29 is 21.6 Å². The van der Waals surface area contributed by atoms with E-state index in [1.807, 2.05) is 0 Å². The van der Waals surface area contributed by atoms with Crippen molar-refractivity contribution in [2.45, 2.75) is 8.42 Å². The van der Waals surface area contributed by atoms with Gasteiger partial charge in [0.25, 0.3) is 10.0 Å². The molecule has 0 fully saturated rings. The van der Waals surface area contributed by atoms with Crippen molar-refractivity contribution in [1.82, 2.24) is 0 Å². The molecule has 1 aromatic heterocycles. The normalized spacial score (nSPS) is 16.2. The summed E-state index contributed by atoms with van der Waals surface area (Å²) in [5, 5.41) is 5.07. The summed E-state index contributed by atoms with van der Waals surface area (Å²) in [5.74, 6) is 0.508. The predicted molar refractivity (Wildman–Crippen MR) is 87.4 cm³/mol. The lowest BCUT2D eigenvalue weighted by molar-refractivity contribution is 0.415. The Hall–Kier alpha value is -1.88. The van der Waals surface area contributed by atoms with Gasteiger partial charge in [-0.3, -0.25) is 0 Å². The molecule has 1 aromatic carbocycles. The van der Waals surface area contributed by atoms with Crippen molar-refractivity contribution in [3.63, 3.8) is 0 Å². The molecule has 2 N–H and O–H groups in total. The lowest BCUT2D eigenvalue weighted by Crippen LogP contribution is -2.27. The summed E-state index contributed by atoms with van der Waals surface area (Å²) < 4.78 is 54.3. The van der Waals surface area contributed by atoms with E-state index in [-0.39, 0.29) is 8.42 Å². The van der Waals surface area contributed by atoms with Gasteiger partial charge in [0.05, 0.1) is 12.8 Å². The highest BCUT2D eigenvalue weighted by molar-refractivity contribution is 7.96. The second kappa shape index (κ2) is 5.34. The van der Waals surface area contributed by atoms with Crippen LogP contribution in [-0.4, -0.2) is 23.9 Å². The number of ether oxygens (including phenoxy) is 1. The van der Waals surface area contributed by atoms with Gasteiger partial charge in [-0.1, -0.05) is 6.07 Å². The summed E-state index contributed by atoms with van der Waals surface area (Å²) >= 11 is 0.632. The van der Waals surface area contributed by atoms with Crippen LogP contribution in [0.4, 0.5) is 5.69 Å². The molecule has 0 unspecified atom stereocenters. The van der Waals surface area contributed by atoms with Gasteiger partial charge in [0.1, 0.15) is 14.2 Å². The number of fused-ring (bicyclic) bond motifs is 1. The van der Waals surface area contributed by atoms with E-state index >= 15 is 0 Å². The highest BCUT2D eigenvalue weighted by Crippen LogP contribution is 2.38. The van der Waals surface area contributed by atoms with Gasteiger partial charge in [0.15, 0.2) is 0 Å². The Kier molecular flexibility index (Phi) is 3.71. The minimum Gasteiger partial charge on any atom is -0.497 e. The van der Waals surface area contributed by atoms with E-state index in [4.69, 9.17) is 9.88 Å². The molecule has 0 bridgehead atoms. The fourth-order valence-electron chi connectivity index (χ4n) is 2.11. The van der Waals surface area contributed by atoms with E-state index in [0.717, 1.165) is 4.31 Å². The van der Waals surface area contributed by atoms with Crippen LogP contribution in [0.25, 0.3) is 6.08 Å². The first-order valence-corrected chi connectivity index (χ1v) is 10.1. The molecule has 23 heavy (non-hydrogen) atoms. The number of hydrogen-bond donors (Lipinski definition) is 1. The van der Waals surface area contributed by atoms with Crippen LogP contribution in [-0.2, 0) is 20.0 Å². The lowest BCUT2D eigenvalue weighted by Gasteiger charge is -2.23. The molecule has 0 saturated heterocycles. The first-order valence-electron chi connectivity index (χ1n) is 6.27. The topological polar surface area (TPSA) is 107 Å². The Morgan fingerprint density at radius 3 is 2.65 bits per heavy atom. The minimum atomic E-state index is -3.96. The first kappa shape index (κ1) is 16.0. The average Bonchev–Trinajstić information content (AvgIpc) is 2.93. The van der Waals surface area contributed by atoms with Crippen LogP contribution in [0.2, 0.25) is 0 Å². The Labute approximate surface area is 137 Å². The molecule has 2 aromatic rings. The quantitative estimate of drug-likeness (QED) is 0.880. The number of anilines is 1. The van der Waals surface area contributed by atoms with Crippen molar-refractivity contribution >= 4 is 43.1 Å². The average molecular weight is 372 g/mol. The molecule has 2 heterocycles. The highest BCUT2D eigenvalue weighted by atomic mass is 32.3. The van der Waals surface area contributed by atoms with Crippen LogP contribution >= 0.6 is 11.3 Å². The molecule has 0 spiro atoms.